The first-order chi connectivity index (χ1) is 9.01. The Labute approximate surface area is 124 Å². The van der Waals surface area contributed by atoms with Crippen molar-refractivity contribution in [1.82, 2.24) is 0 Å². The standard InChI is InChI=1S/C16H16Cl2O/c1-10-6-12(9-13(17)7-10)16(18)15-5-4-14(19-3)8-11(15)2/h4-9,16H,1-3H3. The third kappa shape index (κ3) is 3.23. The van der Waals surface area contributed by atoms with Gasteiger partial charge in [-0.25, -0.2) is 0 Å². The van der Waals surface area contributed by atoms with Crippen molar-refractivity contribution >= 4 is 23.2 Å². The van der Waals surface area contributed by atoms with Crippen LogP contribution in [0.15, 0.2) is 36.4 Å². The Kier molecular flexibility index (Phi) is 4.38. The Morgan fingerprint density at radius 3 is 2.37 bits per heavy atom. The van der Waals surface area contributed by atoms with Crippen LogP contribution in [0.4, 0.5) is 0 Å². The summed E-state index contributed by atoms with van der Waals surface area (Å²) in [6.45, 7) is 4.05. The van der Waals surface area contributed by atoms with Gasteiger partial charge in [-0.3, -0.25) is 0 Å². The number of rotatable bonds is 3. The summed E-state index contributed by atoms with van der Waals surface area (Å²) in [5.74, 6) is 0.840. The molecule has 1 unspecified atom stereocenters. The van der Waals surface area contributed by atoms with E-state index in [1.54, 1.807) is 7.11 Å². The highest BCUT2D eigenvalue weighted by Crippen LogP contribution is 2.34. The summed E-state index contributed by atoms with van der Waals surface area (Å²) in [4.78, 5) is 0. The zero-order valence-electron chi connectivity index (χ0n) is 11.2. The lowest BCUT2D eigenvalue weighted by atomic mass is 9.98. The van der Waals surface area contributed by atoms with E-state index < -0.39 is 0 Å². The molecular weight excluding hydrogens is 279 g/mol. The molecule has 1 nitrogen and oxygen atoms in total. The molecule has 0 saturated carbocycles. The number of hydrogen-bond acceptors (Lipinski definition) is 1. The largest absolute Gasteiger partial charge is 0.497 e. The molecule has 0 amide bonds. The van der Waals surface area contributed by atoms with Gasteiger partial charge in [0, 0.05) is 5.02 Å². The van der Waals surface area contributed by atoms with Gasteiger partial charge in [0.1, 0.15) is 5.75 Å². The van der Waals surface area contributed by atoms with Gasteiger partial charge in [0.05, 0.1) is 12.5 Å². The lowest BCUT2D eigenvalue weighted by Gasteiger charge is -2.15. The molecule has 1 atom stereocenters. The van der Waals surface area contributed by atoms with Crippen molar-refractivity contribution in [2.45, 2.75) is 19.2 Å². The molecule has 0 fully saturated rings. The molecule has 0 heterocycles. The van der Waals surface area contributed by atoms with Crippen molar-refractivity contribution in [1.29, 1.82) is 0 Å². The van der Waals surface area contributed by atoms with Crippen molar-refractivity contribution in [2.24, 2.45) is 0 Å². The number of ether oxygens (including phenoxy) is 1. The molecule has 2 aromatic rings. The van der Waals surface area contributed by atoms with Crippen molar-refractivity contribution < 1.29 is 4.74 Å². The maximum atomic E-state index is 6.58. The lowest BCUT2D eigenvalue weighted by molar-refractivity contribution is 0.414. The first-order valence-corrected chi connectivity index (χ1v) is 6.88. The van der Waals surface area contributed by atoms with E-state index in [0.717, 1.165) is 28.0 Å². The van der Waals surface area contributed by atoms with Crippen LogP contribution in [0.5, 0.6) is 5.75 Å². The van der Waals surface area contributed by atoms with Gasteiger partial charge in [0.15, 0.2) is 0 Å². The topological polar surface area (TPSA) is 9.23 Å². The predicted molar refractivity (Wildman–Crippen MR) is 81.6 cm³/mol. The fourth-order valence-electron chi connectivity index (χ4n) is 2.15. The van der Waals surface area contributed by atoms with Crippen LogP contribution in [0.25, 0.3) is 0 Å². The molecule has 0 aliphatic rings. The Morgan fingerprint density at radius 1 is 1.05 bits per heavy atom. The molecule has 0 aromatic heterocycles. The first kappa shape index (κ1) is 14.2. The van der Waals surface area contributed by atoms with Gasteiger partial charge in [-0.15, -0.1) is 11.6 Å². The van der Waals surface area contributed by atoms with Gasteiger partial charge in [0.2, 0.25) is 0 Å². The van der Waals surface area contributed by atoms with E-state index in [2.05, 4.69) is 6.07 Å². The third-order valence-corrected chi connectivity index (χ3v) is 3.81. The van der Waals surface area contributed by atoms with Gasteiger partial charge in [-0.2, -0.15) is 0 Å². The second-order valence-corrected chi connectivity index (χ2v) is 5.52. The van der Waals surface area contributed by atoms with Crippen molar-refractivity contribution in [2.75, 3.05) is 7.11 Å². The Bertz CT molecular complexity index is 573. The quantitative estimate of drug-likeness (QED) is 0.699. The minimum Gasteiger partial charge on any atom is -0.497 e. The molecule has 0 aliphatic heterocycles. The number of benzene rings is 2. The average molecular weight is 295 g/mol. The zero-order chi connectivity index (χ0) is 14.0. The van der Waals surface area contributed by atoms with Gasteiger partial charge < -0.3 is 4.74 Å². The molecule has 0 spiro atoms. The van der Waals surface area contributed by atoms with E-state index in [1.807, 2.05) is 44.2 Å². The number of hydrogen-bond donors (Lipinski definition) is 0. The van der Waals surface area contributed by atoms with Crippen LogP contribution < -0.4 is 4.74 Å². The fraction of sp³-hybridized carbons (Fsp3) is 0.250. The predicted octanol–water partition coefficient (Wildman–Crippen LogP) is 5.29. The molecule has 19 heavy (non-hydrogen) atoms. The van der Waals surface area contributed by atoms with Crippen LogP contribution in [0.2, 0.25) is 5.02 Å². The summed E-state index contributed by atoms with van der Waals surface area (Å²) in [5.41, 5.74) is 4.31. The molecule has 100 valence electrons. The summed E-state index contributed by atoms with van der Waals surface area (Å²) in [7, 11) is 1.66. The van der Waals surface area contributed by atoms with Crippen molar-refractivity contribution in [3.8, 4) is 5.75 Å². The van der Waals surface area contributed by atoms with Crippen LogP contribution >= 0.6 is 23.2 Å². The Morgan fingerprint density at radius 2 is 1.79 bits per heavy atom. The molecule has 3 heteroatoms. The zero-order valence-corrected chi connectivity index (χ0v) is 12.7. The second kappa shape index (κ2) is 5.85. The van der Waals surface area contributed by atoms with E-state index in [1.165, 1.54) is 0 Å². The van der Waals surface area contributed by atoms with Gasteiger partial charge in [0.25, 0.3) is 0 Å². The summed E-state index contributed by atoms with van der Waals surface area (Å²) < 4.78 is 5.21. The number of halogens is 2. The maximum Gasteiger partial charge on any atom is 0.119 e. The summed E-state index contributed by atoms with van der Waals surface area (Å²) in [6.07, 6.45) is 0. The summed E-state index contributed by atoms with van der Waals surface area (Å²) in [6, 6.07) is 11.8. The molecule has 0 radical (unpaired) electrons. The van der Waals surface area contributed by atoms with E-state index >= 15 is 0 Å². The maximum absolute atomic E-state index is 6.58. The minimum atomic E-state index is -0.205. The monoisotopic (exact) mass is 294 g/mol. The molecule has 0 N–H and O–H groups in total. The molecular formula is C16H16Cl2O. The molecule has 0 aliphatic carbocycles. The van der Waals surface area contributed by atoms with Gasteiger partial charge in [-0.1, -0.05) is 23.7 Å². The summed E-state index contributed by atoms with van der Waals surface area (Å²) >= 11 is 12.7. The number of alkyl halides is 1. The van der Waals surface area contributed by atoms with Gasteiger partial charge in [-0.05, 0) is 60.4 Å². The molecule has 2 rings (SSSR count). The fourth-order valence-corrected chi connectivity index (χ4v) is 2.82. The average Bonchev–Trinajstić information content (AvgIpc) is 2.36. The number of aryl methyl sites for hydroxylation is 2. The van der Waals surface area contributed by atoms with E-state index in [0.29, 0.717) is 5.02 Å². The Balaban J connectivity index is 2.40. The van der Waals surface area contributed by atoms with Crippen LogP contribution in [0, 0.1) is 13.8 Å². The van der Waals surface area contributed by atoms with E-state index in [9.17, 15) is 0 Å². The van der Waals surface area contributed by atoms with Crippen LogP contribution in [0.3, 0.4) is 0 Å². The number of methoxy groups -OCH3 is 1. The molecule has 2 aromatic carbocycles. The van der Waals surface area contributed by atoms with E-state index in [4.69, 9.17) is 27.9 Å². The lowest BCUT2D eigenvalue weighted by Crippen LogP contribution is -1.98. The highest BCUT2D eigenvalue weighted by Gasteiger charge is 2.14. The first-order valence-electron chi connectivity index (χ1n) is 6.07. The molecule has 0 bridgehead atoms. The van der Waals surface area contributed by atoms with Crippen LogP contribution in [-0.2, 0) is 0 Å². The minimum absolute atomic E-state index is 0.205. The van der Waals surface area contributed by atoms with E-state index in [-0.39, 0.29) is 5.38 Å². The van der Waals surface area contributed by atoms with Crippen molar-refractivity contribution in [3.05, 3.63) is 63.7 Å². The van der Waals surface area contributed by atoms with Crippen LogP contribution in [0.1, 0.15) is 27.6 Å². The second-order valence-electron chi connectivity index (χ2n) is 4.65. The van der Waals surface area contributed by atoms with Gasteiger partial charge >= 0.3 is 0 Å². The highest BCUT2D eigenvalue weighted by molar-refractivity contribution is 6.31. The normalized spacial score (nSPS) is 12.3. The third-order valence-electron chi connectivity index (χ3n) is 3.11. The smallest absolute Gasteiger partial charge is 0.119 e. The van der Waals surface area contributed by atoms with Crippen LogP contribution in [-0.4, -0.2) is 7.11 Å². The Hall–Kier alpha value is -1.18. The highest BCUT2D eigenvalue weighted by atomic mass is 35.5. The van der Waals surface area contributed by atoms with Crippen molar-refractivity contribution in [3.63, 3.8) is 0 Å². The summed E-state index contributed by atoms with van der Waals surface area (Å²) in [5, 5.41) is 0.509. The molecule has 0 saturated heterocycles. The SMILES string of the molecule is COc1ccc(C(Cl)c2cc(C)cc(Cl)c2)c(C)c1.